The fourth-order valence-corrected chi connectivity index (χ4v) is 3.37. The molecule has 0 spiro atoms. The summed E-state index contributed by atoms with van der Waals surface area (Å²) in [7, 11) is 0. The average Bonchev–Trinajstić information content (AvgIpc) is 2.56. The first kappa shape index (κ1) is 10.7. The topological polar surface area (TPSA) is 0 Å². The second-order valence-corrected chi connectivity index (χ2v) is 8.22. The molecule has 1 unspecified atom stereocenters. The first-order valence-electron chi connectivity index (χ1n) is 4.87. The van der Waals surface area contributed by atoms with Crippen LogP contribution in [-0.4, -0.2) is 3.23 Å². The van der Waals surface area contributed by atoms with Crippen LogP contribution in [0.2, 0.25) is 0 Å². The minimum Gasteiger partial charge on any atom is -0.0720 e. The van der Waals surface area contributed by atoms with Crippen molar-refractivity contribution in [2.45, 2.75) is 36.3 Å². The first-order chi connectivity index (χ1) is 6.42. The van der Waals surface area contributed by atoms with Gasteiger partial charge in [-0.05, 0) is 43.9 Å². The molecule has 0 N–H and O–H groups in total. The van der Waals surface area contributed by atoms with E-state index in [2.05, 4.69) is 64.8 Å². The van der Waals surface area contributed by atoms with E-state index in [4.69, 9.17) is 0 Å². The molecule has 2 heteroatoms. The molecule has 0 heterocycles. The zero-order valence-electron chi connectivity index (χ0n) is 8.70. The van der Waals surface area contributed by atoms with Crippen molar-refractivity contribution < 1.29 is 0 Å². The summed E-state index contributed by atoms with van der Waals surface area (Å²) in [5.41, 5.74) is 5.73. The van der Waals surface area contributed by atoms with E-state index in [9.17, 15) is 0 Å². The maximum atomic E-state index is 3.69. The molecule has 14 heavy (non-hydrogen) atoms. The van der Waals surface area contributed by atoms with Crippen LogP contribution in [-0.2, 0) is 0 Å². The average molecular weight is 318 g/mol. The fourth-order valence-electron chi connectivity index (χ4n) is 2.27. The van der Waals surface area contributed by atoms with Crippen molar-refractivity contribution in [1.29, 1.82) is 0 Å². The molecular formula is C12H14Br2. The van der Waals surface area contributed by atoms with E-state index < -0.39 is 0 Å². The van der Waals surface area contributed by atoms with Gasteiger partial charge in [0.2, 0.25) is 0 Å². The summed E-state index contributed by atoms with van der Waals surface area (Å²) < 4.78 is 0.171. The molecule has 1 atom stereocenters. The Kier molecular flexibility index (Phi) is 2.55. The number of hydrogen-bond donors (Lipinski definition) is 0. The van der Waals surface area contributed by atoms with Crippen molar-refractivity contribution in [2.75, 3.05) is 0 Å². The molecule has 1 fully saturated rings. The molecule has 0 bridgehead atoms. The highest BCUT2D eigenvalue weighted by Gasteiger charge is 2.52. The third-order valence-electron chi connectivity index (χ3n) is 2.91. The van der Waals surface area contributed by atoms with Crippen LogP contribution in [0.1, 0.15) is 34.6 Å². The Morgan fingerprint density at radius 3 is 1.93 bits per heavy atom. The molecule has 1 aliphatic carbocycles. The van der Waals surface area contributed by atoms with E-state index in [0.29, 0.717) is 5.92 Å². The SMILES string of the molecule is Cc1cc(C)c(C2CC2(Br)Br)c(C)c1. The van der Waals surface area contributed by atoms with Gasteiger partial charge in [0.15, 0.2) is 0 Å². The van der Waals surface area contributed by atoms with Crippen molar-refractivity contribution >= 4 is 31.9 Å². The summed E-state index contributed by atoms with van der Waals surface area (Å²) in [4.78, 5) is 0. The van der Waals surface area contributed by atoms with Crippen molar-refractivity contribution in [3.63, 3.8) is 0 Å². The van der Waals surface area contributed by atoms with Gasteiger partial charge in [-0.3, -0.25) is 0 Å². The zero-order valence-corrected chi connectivity index (χ0v) is 11.9. The van der Waals surface area contributed by atoms with E-state index in [1.54, 1.807) is 0 Å². The molecule has 1 saturated carbocycles. The largest absolute Gasteiger partial charge is 0.0881 e. The standard InChI is InChI=1S/C12H14Br2/c1-7-4-8(2)11(9(3)5-7)10-6-12(10,13)14/h4-5,10H,6H2,1-3H3. The molecule has 0 nitrogen and oxygen atoms in total. The molecule has 0 saturated heterocycles. The number of alkyl halides is 2. The second kappa shape index (κ2) is 3.34. The third-order valence-corrected chi connectivity index (χ3v) is 4.67. The lowest BCUT2D eigenvalue weighted by Crippen LogP contribution is -1.96. The fraction of sp³-hybridized carbons (Fsp3) is 0.500. The molecule has 76 valence electrons. The van der Waals surface area contributed by atoms with Crippen LogP contribution in [0.15, 0.2) is 12.1 Å². The van der Waals surface area contributed by atoms with Crippen LogP contribution in [0.5, 0.6) is 0 Å². The Morgan fingerprint density at radius 1 is 1.14 bits per heavy atom. The van der Waals surface area contributed by atoms with Crippen molar-refractivity contribution in [3.8, 4) is 0 Å². The maximum Gasteiger partial charge on any atom is 0.0881 e. The van der Waals surface area contributed by atoms with E-state index in [1.165, 1.54) is 28.7 Å². The molecular weight excluding hydrogens is 304 g/mol. The predicted octanol–water partition coefficient (Wildman–Crippen LogP) is 4.59. The lowest BCUT2D eigenvalue weighted by molar-refractivity contribution is 1.06. The molecule has 0 amide bonds. The summed E-state index contributed by atoms with van der Waals surface area (Å²) in [6.07, 6.45) is 1.19. The van der Waals surface area contributed by atoms with Gasteiger partial charge in [-0.15, -0.1) is 0 Å². The highest BCUT2D eigenvalue weighted by Crippen LogP contribution is 2.63. The van der Waals surface area contributed by atoms with E-state index in [-0.39, 0.29) is 3.23 Å². The number of hydrogen-bond acceptors (Lipinski definition) is 0. The molecule has 0 aliphatic heterocycles. The Hall–Kier alpha value is 0.180. The van der Waals surface area contributed by atoms with Gasteiger partial charge in [-0.25, -0.2) is 0 Å². The number of rotatable bonds is 1. The van der Waals surface area contributed by atoms with Crippen LogP contribution < -0.4 is 0 Å². The quantitative estimate of drug-likeness (QED) is 0.665. The molecule has 0 radical (unpaired) electrons. The first-order valence-corrected chi connectivity index (χ1v) is 6.46. The molecule has 2 rings (SSSR count). The van der Waals surface area contributed by atoms with Gasteiger partial charge in [0.05, 0.1) is 3.23 Å². The van der Waals surface area contributed by atoms with E-state index >= 15 is 0 Å². The maximum absolute atomic E-state index is 3.69. The summed E-state index contributed by atoms with van der Waals surface area (Å²) in [5.74, 6) is 0.642. The van der Waals surface area contributed by atoms with Crippen LogP contribution in [0.3, 0.4) is 0 Å². The van der Waals surface area contributed by atoms with Crippen LogP contribution >= 0.6 is 31.9 Å². The van der Waals surface area contributed by atoms with Gasteiger partial charge >= 0.3 is 0 Å². The monoisotopic (exact) mass is 316 g/mol. The van der Waals surface area contributed by atoms with Gasteiger partial charge in [-0.1, -0.05) is 49.6 Å². The zero-order chi connectivity index (χ0) is 10.5. The van der Waals surface area contributed by atoms with Gasteiger partial charge in [0.25, 0.3) is 0 Å². The summed E-state index contributed by atoms with van der Waals surface area (Å²) in [6.45, 7) is 6.58. The minimum absolute atomic E-state index is 0.171. The van der Waals surface area contributed by atoms with Gasteiger partial charge < -0.3 is 0 Å². The Bertz CT molecular complexity index is 357. The highest BCUT2D eigenvalue weighted by molar-refractivity contribution is 9.25. The highest BCUT2D eigenvalue weighted by atomic mass is 79.9. The summed E-state index contributed by atoms with van der Waals surface area (Å²) in [6, 6.07) is 4.55. The van der Waals surface area contributed by atoms with Crippen LogP contribution in [0.25, 0.3) is 0 Å². The number of halogens is 2. The van der Waals surface area contributed by atoms with E-state index in [0.717, 1.165) is 0 Å². The van der Waals surface area contributed by atoms with Gasteiger partial charge in [0, 0.05) is 5.92 Å². The smallest absolute Gasteiger partial charge is 0.0720 e. The normalized spacial score (nSPS) is 23.6. The summed E-state index contributed by atoms with van der Waals surface area (Å²) in [5, 5.41) is 0. The molecule has 1 aromatic rings. The lowest BCUT2D eigenvalue weighted by atomic mass is 9.96. The Balaban J connectivity index is 2.44. The Morgan fingerprint density at radius 2 is 1.57 bits per heavy atom. The van der Waals surface area contributed by atoms with Gasteiger partial charge in [-0.2, -0.15) is 0 Å². The Labute approximate surface area is 102 Å². The van der Waals surface area contributed by atoms with E-state index in [1.807, 2.05) is 0 Å². The number of benzene rings is 1. The van der Waals surface area contributed by atoms with Gasteiger partial charge in [0.1, 0.15) is 0 Å². The van der Waals surface area contributed by atoms with Crippen molar-refractivity contribution in [1.82, 2.24) is 0 Å². The molecule has 1 aliphatic rings. The van der Waals surface area contributed by atoms with Crippen molar-refractivity contribution in [2.24, 2.45) is 0 Å². The minimum atomic E-state index is 0.171. The third kappa shape index (κ3) is 1.79. The van der Waals surface area contributed by atoms with Crippen molar-refractivity contribution in [3.05, 3.63) is 34.4 Å². The molecule has 1 aromatic carbocycles. The van der Waals surface area contributed by atoms with Crippen LogP contribution in [0.4, 0.5) is 0 Å². The second-order valence-electron chi connectivity index (χ2n) is 4.33. The molecule has 0 aromatic heterocycles. The van der Waals surface area contributed by atoms with Crippen LogP contribution in [0, 0.1) is 20.8 Å². The number of aryl methyl sites for hydroxylation is 3. The predicted molar refractivity (Wildman–Crippen MR) is 68.6 cm³/mol. The lowest BCUT2D eigenvalue weighted by Gasteiger charge is -2.11. The summed E-state index contributed by atoms with van der Waals surface area (Å²) >= 11 is 7.39.